The third-order valence-corrected chi connectivity index (χ3v) is 4.52. The second-order valence-corrected chi connectivity index (χ2v) is 7.06. The molecule has 0 aliphatic heterocycles. The van der Waals surface area contributed by atoms with Crippen LogP contribution < -0.4 is 14.2 Å². The van der Waals surface area contributed by atoms with Crippen LogP contribution in [-0.4, -0.2) is 24.2 Å². The first kappa shape index (κ1) is 22.7. The highest BCUT2D eigenvalue weighted by Crippen LogP contribution is 2.19. The summed E-state index contributed by atoms with van der Waals surface area (Å²) < 4.78 is 16.7. The zero-order chi connectivity index (χ0) is 20.7. The zero-order valence-electron chi connectivity index (χ0n) is 17.7. The fourth-order valence-corrected chi connectivity index (χ4v) is 2.78. The van der Waals surface area contributed by atoms with Gasteiger partial charge in [-0.2, -0.15) is 0 Å². The predicted octanol–water partition coefficient (Wildman–Crippen LogP) is 6.22. The SMILES string of the molecule is CCCCCCOc1ccc(OC(=O)c2ccc(OCCCCCC)nc2)cc1. The van der Waals surface area contributed by atoms with E-state index in [0.29, 0.717) is 30.4 Å². The van der Waals surface area contributed by atoms with Crippen molar-refractivity contribution in [3.63, 3.8) is 0 Å². The molecule has 0 aliphatic carbocycles. The number of rotatable bonds is 14. The summed E-state index contributed by atoms with van der Waals surface area (Å²) in [5.74, 6) is 1.34. The van der Waals surface area contributed by atoms with E-state index in [-0.39, 0.29) is 0 Å². The van der Waals surface area contributed by atoms with Crippen molar-refractivity contribution in [2.45, 2.75) is 65.2 Å². The second kappa shape index (κ2) is 13.6. The molecule has 0 bridgehead atoms. The average molecular weight is 400 g/mol. The van der Waals surface area contributed by atoms with Gasteiger partial charge in [-0.15, -0.1) is 0 Å². The number of nitrogens with zero attached hydrogens (tertiary/aromatic N) is 1. The van der Waals surface area contributed by atoms with Crippen LogP contribution in [0.4, 0.5) is 0 Å². The van der Waals surface area contributed by atoms with Crippen molar-refractivity contribution in [1.29, 1.82) is 0 Å². The number of carbonyl (C=O) groups excluding carboxylic acids is 1. The Labute approximate surface area is 174 Å². The quantitative estimate of drug-likeness (QED) is 0.214. The van der Waals surface area contributed by atoms with Gasteiger partial charge in [-0.3, -0.25) is 0 Å². The van der Waals surface area contributed by atoms with E-state index in [9.17, 15) is 4.79 Å². The molecule has 1 aromatic carbocycles. The van der Waals surface area contributed by atoms with Crippen LogP contribution in [-0.2, 0) is 0 Å². The van der Waals surface area contributed by atoms with Gasteiger partial charge < -0.3 is 14.2 Å². The van der Waals surface area contributed by atoms with E-state index < -0.39 is 5.97 Å². The number of benzene rings is 1. The molecule has 0 spiro atoms. The van der Waals surface area contributed by atoms with Crippen LogP contribution in [0.2, 0.25) is 0 Å². The minimum absolute atomic E-state index is 0.389. The molecule has 0 saturated carbocycles. The lowest BCUT2D eigenvalue weighted by molar-refractivity contribution is 0.0734. The van der Waals surface area contributed by atoms with Crippen molar-refractivity contribution >= 4 is 5.97 Å². The lowest BCUT2D eigenvalue weighted by Gasteiger charge is -2.08. The van der Waals surface area contributed by atoms with Gasteiger partial charge in [-0.25, -0.2) is 9.78 Å². The molecule has 0 radical (unpaired) electrons. The number of ether oxygens (including phenoxy) is 3. The Kier molecular flexibility index (Phi) is 10.6. The molecule has 0 atom stereocenters. The van der Waals surface area contributed by atoms with Crippen molar-refractivity contribution in [3.05, 3.63) is 48.2 Å². The largest absolute Gasteiger partial charge is 0.494 e. The Bertz CT molecular complexity index is 698. The molecule has 0 aliphatic rings. The highest BCUT2D eigenvalue weighted by atomic mass is 16.5. The van der Waals surface area contributed by atoms with E-state index in [1.807, 2.05) is 12.1 Å². The average Bonchev–Trinajstić information content (AvgIpc) is 2.75. The summed E-state index contributed by atoms with van der Waals surface area (Å²) in [5.41, 5.74) is 0.389. The smallest absolute Gasteiger partial charge is 0.345 e. The monoisotopic (exact) mass is 399 g/mol. The van der Waals surface area contributed by atoms with Crippen molar-refractivity contribution in [2.75, 3.05) is 13.2 Å². The molecule has 2 rings (SSSR count). The summed E-state index contributed by atoms with van der Waals surface area (Å²) in [6.45, 7) is 5.72. The van der Waals surface area contributed by atoms with Crippen molar-refractivity contribution in [1.82, 2.24) is 4.98 Å². The summed E-state index contributed by atoms with van der Waals surface area (Å²) in [4.78, 5) is 16.5. The summed E-state index contributed by atoms with van der Waals surface area (Å²) in [5, 5.41) is 0. The van der Waals surface area contributed by atoms with Crippen molar-refractivity contribution in [3.8, 4) is 17.4 Å². The fourth-order valence-electron chi connectivity index (χ4n) is 2.78. The first-order valence-corrected chi connectivity index (χ1v) is 10.8. The maximum absolute atomic E-state index is 12.3. The highest BCUT2D eigenvalue weighted by Gasteiger charge is 2.10. The molecule has 5 heteroatoms. The van der Waals surface area contributed by atoms with Gasteiger partial charge in [0.15, 0.2) is 0 Å². The summed E-state index contributed by atoms with van der Waals surface area (Å²) in [6.07, 6.45) is 10.7. The first-order valence-electron chi connectivity index (χ1n) is 10.8. The minimum Gasteiger partial charge on any atom is -0.494 e. The predicted molar refractivity (Wildman–Crippen MR) is 115 cm³/mol. The first-order chi connectivity index (χ1) is 14.2. The Balaban J connectivity index is 1.74. The number of esters is 1. The van der Waals surface area contributed by atoms with E-state index in [1.54, 1.807) is 24.3 Å². The Morgan fingerprint density at radius 3 is 1.97 bits per heavy atom. The van der Waals surface area contributed by atoms with Crippen LogP contribution in [0.3, 0.4) is 0 Å². The molecule has 2 aromatic rings. The number of hydrogen-bond donors (Lipinski definition) is 0. The lowest BCUT2D eigenvalue weighted by Crippen LogP contribution is -2.09. The molecule has 29 heavy (non-hydrogen) atoms. The van der Waals surface area contributed by atoms with Crippen LogP contribution in [0.15, 0.2) is 42.6 Å². The maximum Gasteiger partial charge on any atom is 0.345 e. The molecular formula is C24H33NO4. The number of unbranched alkanes of at least 4 members (excludes halogenated alkanes) is 6. The van der Waals surface area contributed by atoms with Gasteiger partial charge in [0.2, 0.25) is 5.88 Å². The Hall–Kier alpha value is -2.56. The molecule has 5 nitrogen and oxygen atoms in total. The molecule has 0 N–H and O–H groups in total. The topological polar surface area (TPSA) is 57.7 Å². The van der Waals surface area contributed by atoms with Crippen molar-refractivity contribution in [2.24, 2.45) is 0 Å². The van der Waals surface area contributed by atoms with E-state index >= 15 is 0 Å². The molecular weight excluding hydrogens is 366 g/mol. The van der Waals surface area contributed by atoms with Crippen LogP contribution >= 0.6 is 0 Å². The number of carbonyl (C=O) groups is 1. The van der Waals surface area contributed by atoms with Gasteiger partial charge in [0.1, 0.15) is 11.5 Å². The minimum atomic E-state index is -0.444. The molecule has 0 fully saturated rings. The molecule has 1 aromatic heterocycles. The normalized spacial score (nSPS) is 10.6. The van der Waals surface area contributed by atoms with Gasteiger partial charge in [0.05, 0.1) is 18.8 Å². The second-order valence-electron chi connectivity index (χ2n) is 7.06. The third-order valence-electron chi connectivity index (χ3n) is 4.52. The van der Waals surface area contributed by atoms with Crippen LogP contribution in [0.5, 0.6) is 17.4 Å². The third kappa shape index (κ3) is 8.99. The lowest BCUT2D eigenvalue weighted by atomic mass is 10.2. The van der Waals surface area contributed by atoms with Crippen LogP contribution in [0.1, 0.15) is 75.6 Å². The van der Waals surface area contributed by atoms with Gasteiger partial charge in [-0.05, 0) is 43.2 Å². The summed E-state index contributed by atoms with van der Waals surface area (Å²) >= 11 is 0. The van der Waals surface area contributed by atoms with Crippen LogP contribution in [0, 0.1) is 0 Å². The van der Waals surface area contributed by atoms with E-state index in [2.05, 4.69) is 18.8 Å². The Morgan fingerprint density at radius 2 is 1.38 bits per heavy atom. The van der Waals surface area contributed by atoms with E-state index in [1.165, 1.54) is 38.3 Å². The molecule has 158 valence electrons. The van der Waals surface area contributed by atoms with Crippen LogP contribution in [0.25, 0.3) is 0 Å². The molecule has 0 saturated heterocycles. The Morgan fingerprint density at radius 1 is 0.759 bits per heavy atom. The summed E-state index contributed by atoms with van der Waals surface area (Å²) in [6, 6.07) is 10.5. The van der Waals surface area contributed by atoms with Gasteiger partial charge in [0, 0.05) is 12.3 Å². The number of hydrogen-bond acceptors (Lipinski definition) is 5. The van der Waals surface area contributed by atoms with E-state index in [0.717, 1.165) is 25.0 Å². The number of aromatic nitrogens is 1. The van der Waals surface area contributed by atoms with Gasteiger partial charge >= 0.3 is 5.97 Å². The van der Waals surface area contributed by atoms with Crippen molar-refractivity contribution < 1.29 is 19.0 Å². The fraction of sp³-hybridized carbons (Fsp3) is 0.500. The molecule has 1 heterocycles. The van der Waals surface area contributed by atoms with Gasteiger partial charge in [-0.1, -0.05) is 52.4 Å². The standard InChI is InChI=1S/C24H33NO4/c1-3-5-7-9-17-27-21-12-14-22(15-13-21)29-24(26)20-11-16-23(25-19-20)28-18-10-8-6-4-2/h11-16,19H,3-10,17-18H2,1-2H3. The highest BCUT2D eigenvalue weighted by molar-refractivity contribution is 5.90. The molecule has 0 amide bonds. The summed E-state index contributed by atoms with van der Waals surface area (Å²) in [7, 11) is 0. The maximum atomic E-state index is 12.3. The number of pyridine rings is 1. The molecule has 0 unspecified atom stereocenters. The zero-order valence-corrected chi connectivity index (χ0v) is 17.7. The van der Waals surface area contributed by atoms with E-state index in [4.69, 9.17) is 14.2 Å². The van der Waals surface area contributed by atoms with Gasteiger partial charge in [0.25, 0.3) is 0 Å².